The van der Waals surface area contributed by atoms with E-state index in [1.54, 1.807) is 24.5 Å². The Hall–Kier alpha value is -4.39. The second kappa shape index (κ2) is 13.5. The van der Waals surface area contributed by atoms with Gasteiger partial charge < -0.3 is 20.1 Å². The lowest BCUT2D eigenvalue weighted by molar-refractivity contribution is 0.00892. The minimum Gasteiger partial charge on any atom is -0.489 e. The van der Waals surface area contributed by atoms with Crippen molar-refractivity contribution in [1.29, 1.82) is 0 Å². The van der Waals surface area contributed by atoms with Crippen LogP contribution in [0.4, 0.5) is 15.9 Å². The summed E-state index contributed by atoms with van der Waals surface area (Å²) in [7, 11) is -3.53. The molecule has 12 heteroatoms. The molecule has 3 aromatic carbocycles. The number of anilines is 2. The molecule has 0 spiro atoms. The van der Waals surface area contributed by atoms with Crippen molar-refractivity contribution in [3.63, 3.8) is 0 Å². The molecule has 2 N–H and O–H groups in total. The number of nitrogens with zero attached hydrogens (tertiary/aromatic N) is 3. The molecule has 0 aliphatic carbocycles. The van der Waals surface area contributed by atoms with E-state index >= 15 is 0 Å². The van der Waals surface area contributed by atoms with Crippen LogP contribution in [0.15, 0.2) is 113 Å². The lowest BCUT2D eigenvalue weighted by Crippen LogP contribution is -2.47. The first kappa shape index (κ1) is 31.6. The molecule has 3 heterocycles. The van der Waals surface area contributed by atoms with Crippen LogP contribution in [0.1, 0.15) is 24.5 Å². The van der Waals surface area contributed by atoms with Crippen molar-refractivity contribution in [3.05, 3.63) is 125 Å². The summed E-state index contributed by atoms with van der Waals surface area (Å²) in [5, 5.41) is 7.62. The van der Waals surface area contributed by atoms with E-state index in [2.05, 4.69) is 41.5 Å². The Kier molecular flexibility index (Phi) is 9.29. The molecule has 236 valence electrons. The normalized spacial score (nSPS) is 16.7. The molecule has 0 fully saturated rings. The third-order valence-corrected chi connectivity index (χ3v) is 10.1. The SMILES string of the molecule is CC(NCCS(=O)(=O)c1ccccn1)C1(c2ccc3ncnc(Nc4ccc(OCc5cccc(F)c5)c(Br)c4)c3c2)CC=CO1. The number of rotatable bonds is 12. The van der Waals surface area contributed by atoms with Crippen molar-refractivity contribution < 1.29 is 22.3 Å². The van der Waals surface area contributed by atoms with Gasteiger partial charge in [0.25, 0.3) is 0 Å². The number of hydrogen-bond acceptors (Lipinski definition) is 9. The molecule has 2 unspecified atom stereocenters. The Labute approximate surface area is 275 Å². The van der Waals surface area contributed by atoms with Crippen LogP contribution >= 0.6 is 15.9 Å². The second-order valence-electron chi connectivity index (χ2n) is 10.9. The lowest BCUT2D eigenvalue weighted by Gasteiger charge is -2.36. The van der Waals surface area contributed by atoms with E-state index in [4.69, 9.17) is 9.47 Å². The number of nitrogens with one attached hydrogen (secondary N) is 2. The number of pyridine rings is 1. The largest absolute Gasteiger partial charge is 0.489 e. The summed E-state index contributed by atoms with van der Waals surface area (Å²) < 4.78 is 52.0. The fourth-order valence-electron chi connectivity index (χ4n) is 5.41. The molecule has 0 bridgehead atoms. The van der Waals surface area contributed by atoms with Gasteiger partial charge in [0.05, 0.1) is 22.0 Å². The van der Waals surface area contributed by atoms with Gasteiger partial charge in [0, 0.05) is 36.3 Å². The Morgan fingerprint density at radius 1 is 1.04 bits per heavy atom. The number of hydrogen-bond donors (Lipinski definition) is 2. The van der Waals surface area contributed by atoms with Gasteiger partial charge in [0.2, 0.25) is 0 Å². The molecule has 0 saturated heterocycles. The van der Waals surface area contributed by atoms with Gasteiger partial charge in [-0.1, -0.05) is 24.3 Å². The van der Waals surface area contributed by atoms with Crippen molar-refractivity contribution >= 4 is 48.2 Å². The van der Waals surface area contributed by atoms with Gasteiger partial charge in [-0.05, 0) is 94.7 Å². The van der Waals surface area contributed by atoms with Gasteiger partial charge in [-0.2, -0.15) is 0 Å². The molecule has 1 aliphatic heterocycles. The van der Waals surface area contributed by atoms with E-state index in [1.165, 1.54) is 30.7 Å². The van der Waals surface area contributed by atoms with Crippen LogP contribution in [0.25, 0.3) is 10.9 Å². The van der Waals surface area contributed by atoms with Gasteiger partial charge in [-0.3, -0.25) is 0 Å². The Bertz CT molecular complexity index is 1990. The van der Waals surface area contributed by atoms with Crippen LogP contribution in [0.2, 0.25) is 0 Å². The Morgan fingerprint density at radius 2 is 1.93 bits per heavy atom. The first-order valence-electron chi connectivity index (χ1n) is 14.6. The molecule has 0 amide bonds. The van der Waals surface area contributed by atoms with Crippen LogP contribution in [0.3, 0.4) is 0 Å². The quantitative estimate of drug-likeness (QED) is 0.144. The van der Waals surface area contributed by atoms with E-state index in [0.29, 0.717) is 18.0 Å². The highest BCUT2D eigenvalue weighted by Gasteiger charge is 2.41. The van der Waals surface area contributed by atoms with Gasteiger partial charge in [0.1, 0.15) is 30.3 Å². The standard InChI is InChI=1S/C34H31BrFN5O4S/c1-23(37-15-17-46(42,43)32-8-2-3-14-38-32)34(13-5-16-45-34)25-9-11-30-28(19-25)33(40-22-39-30)41-27-10-12-31(29(35)20-27)44-21-24-6-4-7-26(36)18-24/h2-12,14,16,18-20,22-23,37H,13,15,17,21H2,1H3,(H,39,40,41). The minimum atomic E-state index is -3.53. The van der Waals surface area contributed by atoms with E-state index in [1.807, 2.05) is 55.5 Å². The maximum atomic E-state index is 13.5. The Balaban J connectivity index is 1.19. The molecule has 0 radical (unpaired) electrons. The molecule has 1 aliphatic rings. The topological polar surface area (TPSA) is 115 Å². The number of aromatic nitrogens is 3. The highest BCUT2D eigenvalue weighted by Crippen LogP contribution is 2.40. The third kappa shape index (κ3) is 6.88. The van der Waals surface area contributed by atoms with E-state index in [-0.39, 0.29) is 35.8 Å². The molecular formula is C34H31BrFN5O4S. The smallest absolute Gasteiger partial charge is 0.196 e. The van der Waals surface area contributed by atoms with E-state index in [0.717, 1.165) is 32.2 Å². The zero-order valence-corrected chi connectivity index (χ0v) is 27.3. The van der Waals surface area contributed by atoms with Crippen molar-refractivity contribution in [2.75, 3.05) is 17.6 Å². The third-order valence-electron chi connectivity index (χ3n) is 7.87. The molecule has 6 rings (SSSR count). The number of ether oxygens (including phenoxy) is 2. The fraction of sp³-hybridized carbons (Fsp3) is 0.206. The van der Waals surface area contributed by atoms with Crippen molar-refractivity contribution in [1.82, 2.24) is 20.3 Å². The van der Waals surface area contributed by atoms with Crippen LogP contribution in [0, 0.1) is 5.82 Å². The minimum absolute atomic E-state index is 0.0607. The summed E-state index contributed by atoms with van der Waals surface area (Å²) in [5.41, 5.74) is 2.39. The number of fused-ring (bicyclic) bond motifs is 1. The molecule has 2 aromatic heterocycles. The van der Waals surface area contributed by atoms with Gasteiger partial charge >= 0.3 is 0 Å². The number of sulfone groups is 1. The first-order valence-corrected chi connectivity index (χ1v) is 17.1. The molecular weight excluding hydrogens is 673 g/mol. The van der Waals surface area contributed by atoms with Gasteiger partial charge in [0.15, 0.2) is 20.5 Å². The molecule has 9 nitrogen and oxygen atoms in total. The average molecular weight is 705 g/mol. The van der Waals surface area contributed by atoms with E-state index in [9.17, 15) is 12.8 Å². The lowest BCUT2D eigenvalue weighted by atomic mass is 9.84. The summed E-state index contributed by atoms with van der Waals surface area (Å²) in [5.74, 6) is 0.823. The first-order chi connectivity index (χ1) is 22.2. The predicted octanol–water partition coefficient (Wildman–Crippen LogP) is 6.83. The summed E-state index contributed by atoms with van der Waals surface area (Å²) in [6, 6.07) is 22.4. The highest BCUT2D eigenvalue weighted by atomic mass is 79.9. The Morgan fingerprint density at radius 3 is 2.70 bits per heavy atom. The zero-order chi connectivity index (χ0) is 32.1. The van der Waals surface area contributed by atoms with Crippen molar-refractivity contribution in [3.8, 4) is 5.75 Å². The second-order valence-corrected chi connectivity index (χ2v) is 13.8. The average Bonchev–Trinajstić information content (AvgIpc) is 3.56. The zero-order valence-electron chi connectivity index (χ0n) is 24.9. The van der Waals surface area contributed by atoms with Crippen LogP contribution < -0.4 is 15.4 Å². The maximum Gasteiger partial charge on any atom is 0.196 e. The predicted molar refractivity (Wildman–Crippen MR) is 178 cm³/mol. The number of halogens is 2. The van der Waals surface area contributed by atoms with Crippen molar-refractivity contribution in [2.24, 2.45) is 0 Å². The number of benzene rings is 3. The van der Waals surface area contributed by atoms with Gasteiger partial charge in [-0.25, -0.2) is 27.8 Å². The fourth-order valence-corrected chi connectivity index (χ4v) is 7.00. The summed E-state index contributed by atoms with van der Waals surface area (Å²) in [6.07, 6.45) is 7.22. The highest BCUT2D eigenvalue weighted by molar-refractivity contribution is 9.10. The summed E-state index contributed by atoms with van der Waals surface area (Å²) in [4.78, 5) is 13.0. The van der Waals surface area contributed by atoms with Crippen LogP contribution in [-0.4, -0.2) is 41.7 Å². The summed E-state index contributed by atoms with van der Waals surface area (Å²) >= 11 is 3.58. The van der Waals surface area contributed by atoms with Crippen molar-refractivity contribution in [2.45, 2.75) is 36.6 Å². The summed E-state index contributed by atoms with van der Waals surface area (Å²) in [6.45, 7) is 2.45. The molecule has 2 atom stereocenters. The monoisotopic (exact) mass is 703 g/mol. The maximum absolute atomic E-state index is 13.5. The molecule has 46 heavy (non-hydrogen) atoms. The van der Waals surface area contributed by atoms with Crippen LogP contribution in [0.5, 0.6) is 5.75 Å². The van der Waals surface area contributed by atoms with E-state index < -0.39 is 15.4 Å². The molecule has 5 aromatic rings. The van der Waals surface area contributed by atoms with Crippen LogP contribution in [-0.2, 0) is 26.8 Å². The van der Waals surface area contributed by atoms with Gasteiger partial charge in [-0.15, -0.1) is 0 Å². The molecule has 0 saturated carbocycles.